The molecule has 1 amide bonds. The van der Waals surface area contributed by atoms with Gasteiger partial charge in [-0.2, -0.15) is 0 Å². The number of oxazole rings is 1. The Bertz CT molecular complexity index is 960. The van der Waals surface area contributed by atoms with E-state index in [9.17, 15) is 4.79 Å². The van der Waals surface area contributed by atoms with Crippen molar-refractivity contribution in [2.45, 2.75) is 24.8 Å². The van der Waals surface area contributed by atoms with Crippen LogP contribution >= 0.6 is 11.8 Å². The number of hydrogen-bond donors (Lipinski definition) is 0. The van der Waals surface area contributed by atoms with Crippen LogP contribution in [0.25, 0.3) is 5.69 Å². The van der Waals surface area contributed by atoms with Crippen LogP contribution in [0.4, 0.5) is 0 Å². The molecule has 146 valence electrons. The predicted octanol–water partition coefficient (Wildman–Crippen LogP) is 2.64. The van der Waals surface area contributed by atoms with Crippen LogP contribution in [0.1, 0.15) is 27.8 Å². The summed E-state index contributed by atoms with van der Waals surface area (Å²) in [6.45, 7) is 6.24. The van der Waals surface area contributed by atoms with E-state index in [1.807, 2.05) is 23.6 Å². The second kappa shape index (κ2) is 8.15. The lowest BCUT2D eigenvalue weighted by Crippen LogP contribution is -2.40. The highest BCUT2D eigenvalue weighted by molar-refractivity contribution is 7.98. The van der Waals surface area contributed by atoms with Gasteiger partial charge in [0.2, 0.25) is 5.89 Å². The van der Waals surface area contributed by atoms with E-state index < -0.39 is 0 Å². The van der Waals surface area contributed by atoms with Crippen LogP contribution in [-0.4, -0.2) is 56.9 Å². The summed E-state index contributed by atoms with van der Waals surface area (Å²) in [5.41, 5.74) is 2.53. The van der Waals surface area contributed by atoms with Gasteiger partial charge in [0.1, 0.15) is 12.1 Å². The van der Waals surface area contributed by atoms with Crippen molar-refractivity contribution in [1.82, 2.24) is 24.6 Å². The first-order chi connectivity index (χ1) is 13.6. The van der Waals surface area contributed by atoms with Crippen LogP contribution in [0, 0.1) is 13.8 Å². The average molecular weight is 399 g/mol. The summed E-state index contributed by atoms with van der Waals surface area (Å²) in [6.07, 6.45) is 1.42. The Morgan fingerprint density at radius 1 is 1.14 bits per heavy atom. The highest BCUT2D eigenvalue weighted by Crippen LogP contribution is 2.25. The molecule has 1 aromatic carbocycles. The van der Waals surface area contributed by atoms with Gasteiger partial charge >= 0.3 is 0 Å². The molecule has 4 rings (SSSR count). The lowest BCUT2D eigenvalue weighted by Gasteiger charge is -2.25. The van der Waals surface area contributed by atoms with E-state index in [-0.39, 0.29) is 5.91 Å². The third kappa shape index (κ3) is 3.95. The van der Waals surface area contributed by atoms with E-state index in [2.05, 4.69) is 34.2 Å². The van der Waals surface area contributed by atoms with Gasteiger partial charge in [0.15, 0.2) is 10.9 Å². The Morgan fingerprint density at radius 2 is 1.89 bits per heavy atom. The first kappa shape index (κ1) is 18.7. The summed E-state index contributed by atoms with van der Waals surface area (Å²) in [7, 11) is 0. The molecule has 0 N–H and O–H groups in total. The SMILES string of the molecule is Cc1ccc(-n2c(C)nnc2SCc2nc(C(=O)N3CCOCC3)co2)cc1. The molecule has 0 atom stereocenters. The molecule has 8 nitrogen and oxygen atoms in total. The molecule has 28 heavy (non-hydrogen) atoms. The quantitative estimate of drug-likeness (QED) is 0.610. The Balaban J connectivity index is 1.45. The van der Waals surface area contributed by atoms with Crippen LogP contribution in [-0.2, 0) is 10.5 Å². The number of rotatable bonds is 5. The third-order valence-electron chi connectivity index (χ3n) is 4.48. The minimum Gasteiger partial charge on any atom is -0.447 e. The predicted molar refractivity (Wildman–Crippen MR) is 104 cm³/mol. The molecule has 0 radical (unpaired) electrons. The zero-order valence-electron chi connectivity index (χ0n) is 15.8. The summed E-state index contributed by atoms with van der Waals surface area (Å²) in [6, 6.07) is 8.20. The maximum Gasteiger partial charge on any atom is 0.275 e. The summed E-state index contributed by atoms with van der Waals surface area (Å²) in [5.74, 6) is 1.63. The summed E-state index contributed by atoms with van der Waals surface area (Å²) in [4.78, 5) is 18.5. The number of hydrogen-bond acceptors (Lipinski definition) is 7. The van der Waals surface area contributed by atoms with Crippen LogP contribution in [0.3, 0.4) is 0 Å². The van der Waals surface area contributed by atoms with Crippen LogP contribution < -0.4 is 0 Å². The van der Waals surface area contributed by atoms with Gasteiger partial charge in [0, 0.05) is 18.8 Å². The first-order valence-corrected chi connectivity index (χ1v) is 10.0. The number of benzene rings is 1. The second-order valence-electron chi connectivity index (χ2n) is 6.52. The smallest absolute Gasteiger partial charge is 0.275 e. The Hall–Kier alpha value is -2.65. The van der Waals surface area contributed by atoms with Crippen molar-refractivity contribution in [3.63, 3.8) is 0 Å². The van der Waals surface area contributed by atoms with Crippen LogP contribution in [0.15, 0.2) is 40.1 Å². The second-order valence-corrected chi connectivity index (χ2v) is 7.46. The van der Waals surface area contributed by atoms with Gasteiger partial charge < -0.3 is 14.1 Å². The van der Waals surface area contributed by atoms with Gasteiger partial charge in [0.25, 0.3) is 5.91 Å². The summed E-state index contributed by atoms with van der Waals surface area (Å²) < 4.78 is 12.8. The van der Waals surface area contributed by atoms with Gasteiger partial charge in [-0.15, -0.1) is 10.2 Å². The maximum absolute atomic E-state index is 12.5. The number of carbonyl (C=O) groups excluding carboxylic acids is 1. The molecule has 0 aliphatic carbocycles. The lowest BCUT2D eigenvalue weighted by molar-refractivity contribution is 0.0299. The fourth-order valence-electron chi connectivity index (χ4n) is 2.96. The van der Waals surface area contributed by atoms with Crippen molar-refractivity contribution in [2.24, 2.45) is 0 Å². The molecule has 1 aliphatic rings. The van der Waals surface area contributed by atoms with Gasteiger partial charge in [-0.05, 0) is 26.0 Å². The minimum atomic E-state index is -0.123. The molecule has 3 aromatic rings. The highest BCUT2D eigenvalue weighted by Gasteiger charge is 2.22. The number of morpholine rings is 1. The molecule has 0 bridgehead atoms. The van der Waals surface area contributed by atoms with Crippen molar-refractivity contribution in [3.8, 4) is 5.69 Å². The summed E-state index contributed by atoms with van der Waals surface area (Å²) in [5, 5.41) is 9.20. The van der Waals surface area contributed by atoms with Crippen molar-refractivity contribution < 1.29 is 13.9 Å². The number of nitrogens with zero attached hydrogens (tertiary/aromatic N) is 5. The zero-order valence-corrected chi connectivity index (χ0v) is 16.6. The fourth-order valence-corrected chi connectivity index (χ4v) is 3.81. The minimum absolute atomic E-state index is 0.123. The molecule has 1 fully saturated rings. The van der Waals surface area contributed by atoms with Crippen molar-refractivity contribution in [3.05, 3.63) is 53.5 Å². The van der Waals surface area contributed by atoms with Crippen molar-refractivity contribution in [2.75, 3.05) is 26.3 Å². The van der Waals surface area contributed by atoms with Gasteiger partial charge in [0.05, 0.1) is 19.0 Å². The van der Waals surface area contributed by atoms with E-state index in [1.54, 1.807) is 4.90 Å². The van der Waals surface area contributed by atoms with Crippen molar-refractivity contribution >= 4 is 17.7 Å². The highest BCUT2D eigenvalue weighted by atomic mass is 32.2. The number of ether oxygens (including phenoxy) is 1. The van der Waals surface area contributed by atoms with Gasteiger partial charge in [-0.25, -0.2) is 4.98 Å². The van der Waals surface area contributed by atoms with E-state index in [1.165, 1.54) is 23.6 Å². The number of thioether (sulfide) groups is 1. The molecule has 0 spiro atoms. The van der Waals surface area contributed by atoms with E-state index in [0.717, 1.165) is 16.7 Å². The van der Waals surface area contributed by atoms with Crippen LogP contribution in [0.2, 0.25) is 0 Å². The van der Waals surface area contributed by atoms with E-state index >= 15 is 0 Å². The zero-order chi connectivity index (χ0) is 19.5. The fraction of sp³-hybridized carbons (Fsp3) is 0.368. The molecule has 0 unspecified atom stereocenters. The van der Waals surface area contributed by atoms with Gasteiger partial charge in [-0.3, -0.25) is 9.36 Å². The Labute approximate surface area is 166 Å². The van der Waals surface area contributed by atoms with Gasteiger partial charge in [-0.1, -0.05) is 29.5 Å². The Kier molecular flexibility index (Phi) is 5.45. The molecule has 9 heteroatoms. The lowest BCUT2D eigenvalue weighted by atomic mass is 10.2. The molecule has 3 heterocycles. The largest absolute Gasteiger partial charge is 0.447 e. The molecular weight excluding hydrogens is 378 g/mol. The Morgan fingerprint density at radius 3 is 2.64 bits per heavy atom. The maximum atomic E-state index is 12.5. The third-order valence-corrected chi connectivity index (χ3v) is 5.39. The molecule has 0 saturated carbocycles. The molecule has 2 aromatic heterocycles. The monoisotopic (exact) mass is 399 g/mol. The molecule has 1 saturated heterocycles. The summed E-state index contributed by atoms with van der Waals surface area (Å²) >= 11 is 1.47. The first-order valence-electron chi connectivity index (χ1n) is 9.05. The van der Waals surface area contributed by atoms with E-state index in [4.69, 9.17) is 9.15 Å². The number of amides is 1. The topological polar surface area (TPSA) is 86.3 Å². The van der Waals surface area contributed by atoms with Crippen molar-refractivity contribution in [1.29, 1.82) is 0 Å². The standard InChI is InChI=1S/C19H21N5O3S/c1-13-3-5-15(6-4-13)24-14(2)21-22-19(24)28-12-17-20-16(11-27-17)18(25)23-7-9-26-10-8-23/h3-6,11H,7-10,12H2,1-2H3. The average Bonchev–Trinajstić information content (AvgIpc) is 3.34. The van der Waals surface area contributed by atoms with E-state index in [0.29, 0.717) is 43.6 Å². The molecule has 1 aliphatic heterocycles. The normalized spacial score (nSPS) is 14.4. The molecular formula is C19H21N5O3S. The van der Waals surface area contributed by atoms with Crippen LogP contribution in [0.5, 0.6) is 0 Å². The number of aromatic nitrogens is 4. The number of carbonyl (C=O) groups is 1. The number of aryl methyl sites for hydroxylation is 2.